The molecule has 0 aliphatic rings. The average Bonchev–Trinajstić information content (AvgIpc) is 2.19. The zero-order valence-electron chi connectivity index (χ0n) is 7.72. The topological polar surface area (TPSA) is 63.3 Å². The van der Waals surface area contributed by atoms with E-state index in [0.717, 1.165) is 5.32 Å². The van der Waals surface area contributed by atoms with Crippen LogP contribution in [0.4, 0.5) is 0 Å². The first-order valence-electron chi connectivity index (χ1n) is 4.30. The van der Waals surface area contributed by atoms with Gasteiger partial charge in [0.25, 0.3) is 0 Å². The van der Waals surface area contributed by atoms with Crippen molar-refractivity contribution in [1.29, 1.82) is 0 Å². The second-order valence-electron chi connectivity index (χ2n) is 2.95. The number of carboxylic acids is 1. The SMILES string of the molecule is NC(C[Se]Cc1ccccc1)C(=O)O. The van der Waals surface area contributed by atoms with Gasteiger partial charge in [-0.25, -0.2) is 0 Å². The molecule has 76 valence electrons. The van der Waals surface area contributed by atoms with Crippen LogP contribution in [-0.2, 0) is 10.1 Å². The van der Waals surface area contributed by atoms with Gasteiger partial charge in [-0.3, -0.25) is 0 Å². The summed E-state index contributed by atoms with van der Waals surface area (Å²) < 4.78 is 0. The van der Waals surface area contributed by atoms with Crippen molar-refractivity contribution in [3.8, 4) is 0 Å². The maximum atomic E-state index is 10.4. The molecule has 0 amide bonds. The van der Waals surface area contributed by atoms with Gasteiger partial charge >= 0.3 is 89.1 Å². The molecule has 0 aromatic heterocycles. The number of rotatable bonds is 5. The quantitative estimate of drug-likeness (QED) is 0.765. The van der Waals surface area contributed by atoms with Crippen LogP contribution in [0.3, 0.4) is 0 Å². The van der Waals surface area contributed by atoms with Crippen molar-refractivity contribution in [3.63, 3.8) is 0 Å². The summed E-state index contributed by atoms with van der Waals surface area (Å²) >= 11 is 0.277. The minimum absolute atomic E-state index is 0.277. The fourth-order valence-electron chi connectivity index (χ4n) is 0.949. The van der Waals surface area contributed by atoms with E-state index in [1.165, 1.54) is 5.56 Å². The molecule has 1 unspecified atom stereocenters. The van der Waals surface area contributed by atoms with Gasteiger partial charge in [-0.2, -0.15) is 0 Å². The molecule has 0 saturated carbocycles. The van der Waals surface area contributed by atoms with Crippen LogP contribution in [0.15, 0.2) is 30.3 Å². The Morgan fingerprint density at radius 3 is 2.64 bits per heavy atom. The summed E-state index contributed by atoms with van der Waals surface area (Å²) in [7, 11) is 0. The van der Waals surface area contributed by atoms with Crippen molar-refractivity contribution < 1.29 is 9.90 Å². The van der Waals surface area contributed by atoms with Crippen LogP contribution in [0.5, 0.6) is 0 Å². The Labute approximate surface area is 89.5 Å². The van der Waals surface area contributed by atoms with E-state index in [9.17, 15) is 4.79 Å². The van der Waals surface area contributed by atoms with Crippen LogP contribution in [0.2, 0.25) is 5.32 Å². The van der Waals surface area contributed by atoms with E-state index in [-0.39, 0.29) is 15.0 Å². The molecule has 1 aromatic carbocycles. The summed E-state index contributed by atoms with van der Waals surface area (Å²) in [6, 6.07) is 9.35. The van der Waals surface area contributed by atoms with Gasteiger partial charge in [0, 0.05) is 0 Å². The van der Waals surface area contributed by atoms with Crippen molar-refractivity contribution in [3.05, 3.63) is 35.9 Å². The Balaban J connectivity index is 2.26. The molecule has 0 aliphatic heterocycles. The molecule has 3 nitrogen and oxygen atoms in total. The molecule has 0 saturated heterocycles. The molecule has 0 spiro atoms. The third-order valence-corrected chi connectivity index (χ3v) is 4.10. The van der Waals surface area contributed by atoms with Crippen molar-refractivity contribution in [2.45, 2.75) is 16.7 Å². The number of aliphatic carboxylic acids is 1. The van der Waals surface area contributed by atoms with Gasteiger partial charge in [-0.15, -0.1) is 0 Å². The number of hydrogen-bond donors (Lipinski definition) is 2. The van der Waals surface area contributed by atoms with Crippen molar-refractivity contribution in [2.75, 3.05) is 0 Å². The Morgan fingerprint density at radius 1 is 1.43 bits per heavy atom. The summed E-state index contributed by atoms with van der Waals surface area (Å²) in [5.74, 6) is -0.903. The number of carboxylic acid groups (broad SMARTS) is 1. The number of nitrogens with two attached hydrogens (primary N) is 1. The summed E-state index contributed by atoms with van der Waals surface area (Å²) in [4.78, 5) is 10.4. The van der Waals surface area contributed by atoms with E-state index >= 15 is 0 Å². The van der Waals surface area contributed by atoms with Gasteiger partial charge < -0.3 is 0 Å². The van der Waals surface area contributed by atoms with Crippen LogP contribution in [0.1, 0.15) is 5.56 Å². The molecule has 4 heteroatoms. The Kier molecular flexibility index (Phi) is 4.66. The minimum atomic E-state index is -0.903. The standard InChI is InChI=1S/C10H13NO2Se/c11-9(10(12)13)7-14-6-8-4-2-1-3-5-8/h1-5,9H,6-7,11H2,(H,12,13). The van der Waals surface area contributed by atoms with E-state index in [1.54, 1.807) is 0 Å². The molecule has 14 heavy (non-hydrogen) atoms. The first-order valence-corrected chi connectivity index (χ1v) is 6.72. The zero-order valence-corrected chi connectivity index (χ0v) is 9.43. The van der Waals surface area contributed by atoms with Crippen LogP contribution in [0.25, 0.3) is 0 Å². The first kappa shape index (κ1) is 11.2. The molecule has 3 N–H and O–H groups in total. The zero-order chi connectivity index (χ0) is 10.4. The Bertz CT molecular complexity index is 289. The van der Waals surface area contributed by atoms with E-state index in [1.807, 2.05) is 30.3 Å². The number of benzene rings is 1. The Hall–Kier alpha value is -0.831. The number of hydrogen-bond acceptors (Lipinski definition) is 2. The van der Waals surface area contributed by atoms with E-state index in [2.05, 4.69) is 0 Å². The van der Waals surface area contributed by atoms with Gasteiger partial charge in [0.15, 0.2) is 0 Å². The predicted octanol–water partition coefficient (Wildman–Crippen LogP) is 0.721. The molecule has 0 radical (unpaired) electrons. The van der Waals surface area contributed by atoms with E-state index < -0.39 is 12.0 Å². The molecular formula is C10H13NO2Se. The summed E-state index contributed by atoms with van der Waals surface area (Å²) in [6.45, 7) is 0. The van der Waals surface area contributed by atoms with Gasteiger partial charge in [-0.1, -0.05) is 0 Å². The number of carbonyl (C=O) groups is 1. The molecule has 1 atom stereocenters. The van der Waals surface area contributed by atoms with Crippen molar-refractivity contribution in [2.24, 2.45) is 5.73 Å². The summed E-state index contributed by atoms with van der Waals surface area (Å²) in [5.41, 5.74) is 6.65. The first-order chi connectivity index (χ1) is 6.70. The summed E-state index contributed by atoms with van der Waals surface area (Å²) in [5, 5.41) is 10.1. The Morgan fingerprint density at radius 2 is 2.07 bits per heavy atom. The molecular weight excluding hydrogens is 245 g/mol. The fourth-order valence-corrected chi connectivity index (χ4v) is 2.93. The van der Waals surface area contributed by atoms with E-state index in [4.69, 9.17) is 10.8 Å². The average molecular weight is 258 g/mol. The summed E-state index contributed by atoms with van der Waals surface area (Å²) in [6.07, 6.45) is 0. The van der Waals surface area contributed by atoms with Crippen molar-refractivity contribution in [1.82, 2.24) is 0 Å². The third kappa shape index (κ3) is 3.92. The molecule has 0 heterocycles. The van der Waals surface area contributed by atoms with Crippen LogP contribution in [-0.4, -0.2) is 32.1 Å². The molecule has 0 bridgehead atoms. The molecule has 1 rings (SSSR count). The van der Waals surface area contributed by atoms with Gasteiger partial charge in [0.2, 0.25) is 0 Å². The predicted molar refractivity (Wildman–Crippen MR) is 56.3 cm³/mol. The molecule has 0 fully saturated rings. The van der Waals surface area contributed by atoms with Gasteiger partial charge in [0.1, 0.15) is 0 Å². The van der Waals surface area contributed by atoms with Crippen molar-refractivity contribution >= 4 is 20.9 Å². The van der Waals surface area contributed by atoms with Crippen LogP contribution >= 0.6 is 0 Å². The normalized spacial score (nSPS) is 12.4. The van der Waals surface area contributed by atoms with Gasteiger partial charge in [0.05, 0.1) is 0 Å². The van der Waals surface area contributed by atoms with Crippen LogP contribution < -0.4 is 5.73 Å². The monoisotopic (exact) mass is 259 g/mol. The second-order valence-corrected chi connectivity index (χ2v) is 5.11. The fraction of sp³-hybridized carbons (Fsp3) is 0.300. The molecule has 1 aromatic rings. The van der Waals surface area contributed by atoms with Gasteiger partial charge in [-0.05, 0) is 0 Å². The maximum absolute atomic E-state index is 10.4. The third-order valence-electron chi connectivity index (χ3n) is 1.73. The van der Waals surface area contributed by atoms with Crippen LogP contribution in [0, 0.1) is 0 Å². The second kappa shape index (κ2) is 5.81. The molecule has 0 aliphatic carbocycles. The van der Waals surface area contributed by atoms with E-state index in [0.29, 0.717) is 5.32 Å².